The fourth-order valence-corrected chi connectivity index (χ4v) is 9.49. The zero-order valence-corrected chi connectivity index (χ0v) is 28.1. The number of rotatable bonds is 3. The van der Waals surface area contributed by atoms with Crippen LogP contribution in [-0.2, 0) is 46.2 Å². The fourth-order valence-electron chi connectivity index (χ4n) is 6.39. The van der Waals surface area contributed by atoms with E-state index in [1.54, 1.807) is 16.1 Å². The molecule has 20 nitrogen and oxygen atoms in total. The molecule has 8 heterocycles. The van der Waals surface area contributed by atoms with Crippen molar-refractivity contribution in [2.24, 2.45) is 0 Å². The molecular formula is C23H28N10O10P2S2. The number of anilines is 2. The van der Waals surface area contributed by atoms with Gasteiger partial charge in [0.25, 0.3) is 0 Å². The van der Waals surface area contributed by atoms with E-state index in [0.29, 0.717) is 22.3 Å². The highest BCUT2D eigenvalue weighted by Crippen LogP contribution is 2.64. The van der Waals surface area contributed by atoms with E-state index < -0.39 is 74.9 Å². The number of nitrogens with zero attached hydrogens (tertiary/aromatic N) is 8. The summed E-state index contributed by atoms with van der Waals surface area (Å²) >= 11 is 8.59. The second kappa shape index (κ2) is 11.0. The number of imidazole rings is 2. The Morgan fingerprint density at radius 3 is 2.02 bits per heavy atom. The second-order valence-corrected chi connectivity index (χ2v) is 17.3. The number of thiol groups is 2. The molecule has 0 aromatic carbocycles. The molecule has 8 rings (SSSR count). The monoisotopic (exact) mass is 730 g/mol. The molecule has 0 amide bonds. The molecule has 0 unspecified atom stereocenters. The highest BCUT2D eigenvalue weighted by molar-refractivity contribution is 8.44. The molecule has 4 fully saturated rings. The molecule has 4 aromatic rings. The van der Waals surface area contributed by atoms with Crippen LogP contribution in [0.2, 0.25) is 0 Å². The SMILES string of the molecule is CO[C@H]1[C@H](n2cnc3c(N)ncnc32)O[C@]2(C)CO[P@@](=O)(S)O[C@H]3[C@H]4OC[C@]3(CO[P@@](=O)(S)O[C@@H]12)O[C@H]4n1cnc2c(N)ncnc21. The lowest BCUT2D eigenvalue weighted by molar-refractivity contribution is -0.183. The minimum Gasteiger partial charge on any atom is -0.382 e. The molecule has 252 valence electrons. The van der Waals surface area contributed by atoms with Gasteiger partial charge in [-0.05, 0) is 6.92 Å². The average Bonchev–Trinajstić information content (AvgIpc) is 3.83. The molecule has 0 spiro atoms. The van der Waals surface area contributed by atoms with E-state index in [2.05, 4.69) is 54.4 Å². The van der Waals surface area contributed by atoms with E-state index in [-0.39, 0.29) is 18.2 Å². The number of nitrogens with two attached hydrogens (primary N) is 2. The summed E-state index contributed by atoms with van der Waals surface area (Å²) in [7, 11) is 1.41. The van der Waals surface area contributed by atoms with E-state index in [4.69, 9.17) is 48.5 Å². The predicted octanol–water partition coefficient (Wildman–Crippen LogP) is 1.69. The van der Waals surface area contributed by atoms with Crippen molar-refractivity contribution in [3.63, 3.8) is 0 Å². The van der Waals surface area contributed by atoms with Gasteiger partial charge in [0, 0.05) is 7.11 Å². The minimum atomic E-state index is -4.23. The first-order valence-electron chi connectivity index (χ1n) is 14.0. The summed E-state index contributed by atoms with van der Waals surface area (Å²) in [4.78, 5) is 25.1. The van der Waals surface area contributed by atoms with Crippen LogP contribution in [0.5, 0.6) is 0 Å². The van der Waals surface area contributed by atoms with E-state index in [1.165, 1.54) is 32.4 Å². The van der Waals surface area contributed by atoms with Crippen molar-refractivity contribution in [3.05, 3.63) is 25.3 Å². The van der Waals surface area contributed by atoms with Gasteiger partial charge in [0.1, 0.15) is 59.3 Å². The number of ether oxygens (including phenoxy) is 4. The summed E-state index contributed by atoms with van der Waals surface area (Å²) in [5.74, 6) is 0.325. The van der Waals surface area contributed by atoms with Gasteiger partial charge in [0.15, 0.2) is 35.4 Å². The molecule has 47 heavy (non-hydrogen) atoms. The van der Waals surface area contributed by atoms with Crippen molar-refractivity contribution in [2.45, 2.75) is 55.0 Å². The van der Waals surface area contributed by atoms with Crippen molar-refractivity contribution in [1.82, 2.24) is 39.0 Å². The van der Waals surface area contributed by atoms with Gasteiger partial charge < -0.3 is 30.4 Å². The molecule has 2 bridgehead atoms. The molecule has 4 aliphatic heterocycles. The average molecular weight is 731 g/mol. The zero-order chi connectivity index (χ0) is 32.9. The van der Waals surface area contributed by atoms with Gasteiger partial charge in [0.05, 0.1) is 32.5 Å². The Kier molecular flexibility index (Phi) is 7.46. The minimum absolute atomic E-state index is 0.0874. The maximum Gasteiger partial charge on any atom is 0.386 e. The van der Waals surface area contributed by atoms with Crippen LogP contribution in [0.4, 0.5) is 11.6 Å². The van der Waals surface area contributed by atoms with Crippen LogP contribution in [0.3, 0.4) is 0 Å². The first-order chi connectivity index (χ1) is 22.3. The van der Waals surface area contributed by atoms with Crippen LogP contribution in [0.25, 0.3) is 22.3 Å². The van der Waals surface area contributed by atoms with Gasteiger partial charge in [-0.15, -0.1) is 0 Å². The Balaban J connectivity index is 1.13. The van der Waals surface area contributed by atoms with Crippen LogP contribution in [0.1, 0.15) is 19.4 Å². The van der Waals surface area contributed by atoms with E-state index in [0.717, 1.165) is 0 Å². The van der Waals surface area contributed by atoms with Crippen molar-refractivity contribution in [3.8, 4) is 0 Å². The van der Waals surface area contributed by atoms with Gasteiger partial charge in [-0.1, -0.05) is 24.5 Å². The van der Waals surface area contributed by atoms with Crippen molar-refractivity contribution in [2.75, 3.05) is 38.4 Å². The number of hydrogen-bond donors (Lipinski definition) is 4. The molecule has 0 aliphatic carbocycles. The van der Waals surface area contributed by atoms with Crippen molar-refractivity contribution < 1.29 is 46.2 Å². The molecule has 4 saturated heterocycles. The third kappa shape index (κ3) is 5.09. The quantitative estimate of drug-likeness (QED) is 0.173. The topological polar surface area (TPSA) is 247 Å². The largest absolute Gasteiger partial charge is 0.386 e. The van der Waals surface area contributed by atoms with E-state index >= 15 is 0 Å². The van der Waals surface area contributed by atoms with Crippen LogP contribution in [0.15, 0.2) is 25.3 Å². The van der Waals surface area contributed by atoms with Crippen LogP contribution in [0, 0.1) is 0 Å². The number of methoxy groups -OCH3 is 1. The summed E-state index contributed by atoms with van der Waals surface area (Å²) < 4.78 is 79.5. The summed E-state index contributed by atoms with van der Waals surface area (Å²) in [6.45, 7) is -7.77. The van der Waals surface area contributed by atoms with Gasteiger partial charge in [-0.3, -0.25) is 27.2 Å². The molecular weight excluding hydrogens is 702 g/mol. The van der Waals surface area contributed by atoms with Gasteiger partial charge >= 0.3 is 13.6 Å². The molecule has 0 radical (unpaired) electrons. The van der Waals surface area contributed by atoms with Crippen LogP contribution >= 0.6 is 38.1 Å². The van der Waals surface area contributed by atoms with Gasteiger partial charge in [-0.25, -0.2) is 39.0 Å². The first-order valence-corrected chi connectivity index (χ1v) is 19.4. The molecule has 10 atom stereocenters. The Hall–Kier alpha value is -2.46. The molecule has 4 aromatic heterocycles. The number of hydrogen-bond acceptors (Lipinski definition) is 18. The van der Waals surface area contributed by atoms with E-state index in [9.17, 15) is 9.13 Å². The Morgan fingerprint density at radius 1 is 0.830 bits per heavy atom. The van der Waals surface area contributed by atoms with Crippen molar-refractivity contribution in [1.29, 1.82) is 0 Å². The third-order valence-corrected chi connectivity index (χ3v) is 11.8. The van der Waals surface area contributed by atoms with Gasteiger partial charge in [-0.2, -0.15) is 0 Å². The summed E-state index contributed by atoms with van der Waals surface area (Å²) in [6, 6.07) is 0. The number of nitrogen functional groups attached to an aromatic ring is 2. The van der Waals surface area contributed by atoms with Crippen LogP contribution in [-0.4, -0.2) is 102 Å². The highest BCUT2D eigenvalue weighted by atomic mass is 32.7. The second-order valence-electron chi connectivity index (χ2n) is 11.6. The smallest absolute Gasteiger partial charge is 0.382 e. The standard InChI is InChI=1S/C23H28N10O10P2S2/c1-22-3-38-44(34,46)43-15-13-21(33-9-31-11-17(25)27-7-29-19(11)33)41-23(15,4-37-13)5-39-45(35,47)42-14(22)12(36-2)20(40-22)32-8-30-10-16(24)26-6-28-18(10)32/h6-9,12-15,20-21H,3-5H2,1-2H3,(H,34,46)(H,35,47)(H2,24,26,28)(H2,25,27,29)/t12-,13-,14+,15+,20-,21-,22-,23-,44-,45-/m1/s1. The number of fused-ring (bicyclic) bond motifs is 3. The van der Waals surface area contributed by atoms with Crippen LogP contribution < -0.4 is 11.5 Å². The van der Waals surface area contributed by atoms with Crippen molar-refractivity contribution >= 4 is 72.1 Å². The zero-order valence-electron chi connectivity index (χ0n) is 24.5. The maximum absolute atomic E-state index is 13.9. The summed E-state index contributed by atoms with van der Waals surface area (Å²) in [5.41, 5.74) is 10.4. The lowest BCUT2D eigenvalue weighted by Gasteiger charge is -2.36. The Bertz CT molecular complexity index is 1990. The third-order valence-electron chi connectivity index (χ3n) is 8.62. The van der Waals surface area contributed by atoms with E-state index in [1.807, 2.05) is 0 Å². The predicted molar refractivity (Wildman–Crippen MR) is 166 cm³/mol. The maximum atomic E-state index is 13.9. The Labute approximate surface area is 275 Å². The normalized spacial score (nSPS) is 40.7. The molecule has 0 saturated carbocycles. The number of aromatic nitrogens is 8. The Morgan fingerprint density at radius 2 is 1.40 bits per heavy atom. The van der Waals surface area contributed by atoms with Gasteiger partial charge in [0.2, 0.25) is 0 Å². The fraction of sp³-hybridized carbons (Fsp3) is 0.565. The first kappa shape index (κ1) is 31.8. The summed E-state index contributed by atoms with van der Waals surface area (Å²) in [5, 5.41) is 0. The lowest BCUT2D eigenvalue weighted by Crippen LogP contribution is -2.48. The highest BCUT2D eigenvalue weighted by Gasteiger charge is 2.66. The molecule has 24 heteroatoms. The molecule has 4 aliphatic rings. The lowest BCUT2D eigenvalue weighted by atomic mass is 9.98. The molecule has 4 N–H and O–H groups in total. The summed E-state index contributed by atoms with van der Waals surface area (Å²) in [6.07, 6.45) is -0.514.